The summed E-state index contributed by atoms with van der Waals surface area (Å²) in [7, 11) is 0. The average molecular weight is 876 g/mol. The maximum absolute atomic E-state index is 16.0. The Kier molecular flexibility index (Phi) is 8.05. The second kappa shape index (κ2) is 14.4. The van der Waals surface area contributed by atoms with E-state index in [1.807, 2.05) is 72.8 Å². The van der Waals surface area contributed by atoms with Crippen molar-refractivity contribution in [2.75, 3.05) is 0 Å². The molecule has 5 nitrogen and oxygen atoms in total. The largest absolute Gasteiger partial charge is 0.309 e. The molecule has 0 N–H and O–H groups in total. The minimum atomic E-state index is -0.702. The molecule has 0 radical (unpaired) electrons. The lowest BCUT2D eigenvalue weighted by Gasteiger charge is -2.21. The highest BCUT2D eigenvalue weighted by molar-refractivity contribution is 6.28. The Morgan fingerprint density at radius 2 is 0.721 bits per heavy atom. The number of hydrogen-bond acceptors (Lipinski definition) is 1. The molecule has 0 bridgehead atoms. The van der Waals surface area contributed by atoms with Gasteiger partial charge in [-0.1, -0.05) is 121 Å². The number of aromatic nitrogens is 4. The van der Waals surface area contributed by atoms with Gasteiger partial charge < -0.3 is 18.3 Å². The summed E-state index contributed by atoms with van der Waals surface area (Å²) < 4.78 is 41.0. The number of nitrogens with zero attached hydrogens (tertiary/aromatic N) is 5. The zero-order chi connectivity index (χ0) is 45.2. The highest BCUT2D eigenvalue weighted by atomic mass is 19.1. The van der Waals surface area contributed by atoms with Crippen molar-refractivity contribution in [3.63, 3.8) is 0 Å². The summed E-state index contributed by atoms with van der Waals surface area (Å²) in [4.78, 5) is 0. The molecule has 4 aromatic heterocycles. The molecule has 318 valence electrons. The third kappa shape index (κ3) is 5.28. The summed E-state index contributed by atoms with van der Waals surface area (Å²) in [5, 5.41) is 19.4. The first-order valence-electron chi connectivity index (χ1n) is 22.6. The molecule has 0 amide bonds. The van der Waals surface area contributed by atoms with Crippen LogP contribution in [0, 0.1) is 23.0 Å². The Morgan fingerprint density at radius 1 is 0.338 bits per heavy atom. The van der Waals surface area contributed by atoms with Crippen LogP contribution in [-0.2, 0) is 0 Å². The van der Waals surface area contributed by atoms with Crippen molar-refractivity contribution >= 4 is 87.2 Å². The number of para-hydroxylation sites is 6. The van der Waals surface area contributed by atoms with Gasteiger partial charge in [0.05, 0.1) is 67.1 Å². The summed E-state index contributed by atoms with van der Waals surface area (Å²) in [5.74, 6) is -1.40. The van der Waals surface area contributed by atoms with Crippen molar-refractivity contribution in [1.29, 1.82) is 5.26 Å². The van der Waals surface area contributed by atoms with E-state index in [2.05, 4.69) is 146 Å². The van der Waals surface area contributed by atoms with Gasteiger partial charge in [-0.2, -0.15) is 5.26 Å². The predicted octanol–water partition coefficient (Wildman–Crippen LogP) is 15.9. The van der Waals surface area contributed by atoms with Crippen molar-refractivity contribution in [3.8, 4) is 39.9 Å². The monoisotopic (exact) mass is 875 g/mol. The highest BCUT2D eigenvalue weighted by Gasteiger charge is 2.28. The summed E-state index contributed by atoms with van der Waals surface area (Å²) >= 11 is 0. The van der Waals surface area contributed by atoms with Crippen LogP contribution >= 0.6 is 0 Å². The fourth-order valence-corrected chi connectivity index (χ4v) is 11.3. The van der Waals surface area contributed by atoms with E-state index in [0.29, 0.717) is 28.1 Å². The van der Waals surface area contributed by atoms with Gasteiger partial charge >= 0.3 is 0 Å². The van der Waals surface area contributed by atoms with E-state index in [9.17, 15) is 5.26 Å². The molecule has 0 spiro atoms. The molecule has 7 heteroatoms. The minimum Gasteiger partial charge on any atom is -0.309 e. The van der Waals surface area contributed by atoms with Crippen LogP contribution in [0.3, 0.4) is 0 Å². The van der Waals surface area contributed by atoms with E-state index < -0.39 is 11.6 Å². The molecule has 0 atom stereocenters. The molecule has 10 aromatic carbocycles. The molecule has 0 saturated heterocycles. The normalized spacial score (nSPS) is 12.0. The van der Waals surface area contributed by atoms with Crippen molar-refractivity contribution in [2.24, 2.45) is 0 Å². The topological polar surface area (TPSA) is 43.5 Å². The van der Waals surface area contributed by atoms with Crippen molar-refractivity contribution in [1.82, 2.24) is 18.3 Å². The Morgan fingerprint density at radius 3 is 1.15 bits per heavy atom. The molecule has 0 fully saturated rings. The Hall–Kier alpha value is -9.25. The summed E-state index contributed by atoms with van der Waals surface area (Å²) in [6.45, 7) is 0. The van der Waals surface area contributed by atoms with Crippen LogP contribution in [-0.4, -0.2) is 18.3 Å². The first-order valence-corrected chi connectivity index (χ1v) is 22.6. The molecule has 0 unspecified atom stereocenters. The van der Waals surface area contributed by atoms with Gasteiger partial charge in [0.25, 0.3) is 0 Å². The Bertz CT molecular complexity index is 4200. The summed E-state index contributed by atoms with van der Waals surface area (Å²) in [6.07, 6.45) is 0. The van der Waals surface area contributed by atoms with Gasteiger partial charge in [0.2, 0.25) is 0 Å². The van der Waals surface area contributed by atoms with E-state index in [1.165, 1.54) is 12.1 Å². The number of nitriles is 1. The van der Waals surface area contributed by atoms with E-state index in [0.717, 1.165) is 105 Å². The first-order chi connectivity index (χ1) is 33.6. The fraction of sp³-hybridized carbons (Fsp3) is 0. The minimum absolute atomic E-state index is 0.339. The first kappa shape index (κ1) is 38.1. The summed E-state index contributed by atoms with van der Waals surface area (Å²) in [6, 6.07) is 72.9. The quantitative estimate of drug-likeness (QED) is 0.170. The third-order valence-electron chi connectivity index (χ3n) is 13.8. The zero-order valence-corrected chi connectivity index (χ0v) is 36.2. The molecular formula is C61H35F2N5. The second-order valence-electron chi connectivity index (χ2n) is 17.5. The molecule has 4 heterocycles. The molecule has 0 aliphatic rings. The fourth-order valence-electron chi connectivity index (χ4n) is 11.3. The average Bonchev–Trinajstić information content (AvgIpc) is 4.11. The molecule has 14 aromatic rings. The van der Waals surface area contributed by atoms with Crippen molar-refractivity contribution < 1.29 is 8.78 Å². The number of halogens is 2. The molecule has 0 saturated carbocycles. The lowest BCUT2D eigenvalue weighted by atomic mass is 9.97. The standard InChI is InChI=1S/C61H35F2N5/c62-39-33-38(34-40(63)35-39)57-55(67-49-23-11-7-19-43(49)45-27-29-53-58(60(45)67)47-21-9-13-25-51(47)65(53)41-15-3-1-4-16-41)31-37(36-64)32-56(57)68-50-24-12-8-20-44(50)46-28-30-54-59(61(46)68)48-22-10-14-26-52(48)66(54)42-17-5-2-6-18-42/h1-35H. The lowest BCUT2D eigenvalue weighted by molar-refractivity contribution is 0.584. The maximum Gasteiger partial charge on any atom is 0.126 e. The second-order valence-corrected chi connectivity index (χ2v) is 17.5. The van der Waals surface area contributed by atoms with Gasteiger partial charge in [0.1, 0.15) is 11.6 Å². The van der Waals surface area contributed by atoms with Gasteiger partial charge in [0.15, 0.2) is 0 Å². The number of fused-ring (bicyclic) bond motifs is 14. The molecule has 0 aliphatic carbocycles. The predicted molar refractivity (Wildman–Crippen MR) is 274 cm³/mol. The number of hydrogen-bond donors (Lipinski definition) is 0. The van der Waals surface area contributed by atoms with E-state index in [1.54, 1.807) is 0 Å². The van der Waals surface area contributed by atoms with Crippen LogP contribution in [0.15, 0.2) is 212 Å². The van der Waals surface area contributed by atoms with Crippen LogP contribution in [0.2, 0.25) is 0 Å². The van der Waals surface area contributed by atoms with Gasteiger partial charge in [-0.05, 0) is 90.5 Å². The molecule has 68 heavy (non-hydrogen) atoms. The van der Waals surface area contributed by atoms with Gasteiger partial charge in [-0.3, -0.25) is 0 Å². The number of rotatable bonds is 5. The maximum atomic E-state index is 16.0. The van der Waals surface area contributed by atoms with Crippen LogP contribution in [0.1, 0.15) is 5.56 Å². The third-order valence-corrected chi connectivity index (χ3v) is 13.8. The smallest absolute Gasteiger partial charge is 0.126 e. The van der Waals surface area contributed by atoms with Gasteiger partial charge in [-0.25, -0.2) is 8.78 Å². The highest BCUT2D eigenvalue weighted by Crippen LogP contribution is 2.48. The SMILES string of the molecule is N#Cc1cc(-n2c3ccccc3c3ccc4c(c5ccccc5n4-c4ccccc4)c32)c(-c2cc(F)cc(F)c2)c(-n2c3ccccc3c3ccc4c(c5ccccc5n4-c4ccccc4)c32)c1. The lowest BCUT2D eigenvalue weighted by Crippen LogP contribution is -2.06. The van der Waals surface area contributed by atoms with Crippen LogP contribution in [0.25, 0.3) is 121 Å². The van der Waals surface area contributed by atoms with Gasteiger partial charge in [-0.15, -0.1) is 0 Å². The summed E-state index contributed by atoms with van der Waals surface area (Å²) in [5.41, 5.74) is 12.3. The van der Waals surface area contributed by atoms with Crippen LogP contribution in [0.4, 0.5) is 8.78 Å². The number of benzene rings is 10. The molecular weight excluding hydrogens is 841 g/mol. The Labute approximate surface area is 387 Å². The van der Waals surface area contributed by atoms with Crippen molar-refractivity contribution in [3.05, 3.63) is 230 Å². The van der Waals surface area contributed by atoms with E-state index in [-0.39, 0.29) is 0 Å². The van der Waals surface area contributed by atoms with Crippen molar-refractivity contribution in [2.45, 2.75) is 0 Å². The molecule has 0 aliphatic heterocycles. The van der Waals surface area contributed by atoms with Crippen LogP contribution in [0.5, 0.6) is 0 Å². The van der Waals surface area contributed by atoms with Gasteiger partial charge in [0, 0.05) is 66.1 Å². The van der Waals surface area contributed by atoms with E-state index >= 15 is 8.78 Å². The zero-order valence-electron chi connectivity index (χ0n) is 36.2. The van der Waals surface area contributed by atoms with Crippen LogP contribution < -0.4 is 0 Å². The van der Waals surface area contributed by atoms with E-state index in [4.69, 9.17) is 0 Å². The molecule has 14 rings (SSSR count). The Balaban J connectivity index is 1.21.